The van der Waals surface area contributed by atoms with E-state index in [0.29, 0.717) is 23.3 Å². The first-order valence-electron chi connectivity index (χ1n) is 10.3. The number of ether oxygens (including phenoxy) is 1. The van der Waals surface area contributed by atoms with Crippen molar-refractivity contribution < 1.29 is 31.1 Å². The third-order valence-electron chi connectivity index (χ3n) is 5.24. The summed E-state index contributed by atoms with van der Waals surface area (Å²) in [6.45, 7) is -0.288. The Labute approximate surface area is 209 Å². The quantitative estimate of drug-likeness (QED) is 0.304. The van der Waals surface area contributed by atoms with Crippen molar-refractivity contribution in [1.82, 2.24) is 9.97 Å². The van der Waals surface area contributed by atoms with Gasteiger partial charge in [0.1, 0.15) is 0 Å². The van der Waals surface area contributed by atoms with Crippen LogP contribution in [0.3, 0.4) is 0 Å². The zero-order valence-corrected chi connectivity index (χ0v) is 20.1. The number of rotatable bonds is 6. The predicted molar refractivity (Wildman–Crippen MR) is 127 cm³/mol. The standard InChI is InChI=1S/C24H17ClF3N3O4S/c1-35-23(32)16-5-7-19(8-6-16)36(33,34)31(22-20(25)12-18(13-30-22)24(26,27)28)14-15-4-9-21-17(11-15)3-2-10-29-21/h2-13H,14H2,1H3. The number of esters is 1. The number of benzene rings is 2. The second-order valence-corrected chi connectivity index (χ2v) is 9.85. The molecule has 2 heterocycles. The first-order chi connectivity index (χ1) is 17.0. The third kappa shape index (κ3) is 5.12. The molecule has 0 spiro atoms. The minimum atomic E-state index is -4.71. The molecule has 4 rings (SSSR count). The summed E-state index contributed by atoms with van der Waals surface area (Å²) in [6, 6.07) is 14.1. The molecule has 0 aliphatic rings. The molecule has 0 aliphatic carbocycles. The van der Waals surface area contributed by atoms with E-state index >= 15 is 0 Å². The van der Waals surface area contributed by atoms with Crippen LogP contribution < -0.4 is 4.31 Å². The molecule has 2 aromatic heterocycles. The molecule has 7 nitrogen and oxygen atoms in total. The first-order valence-corrected chi connectivity index (χ1v) is 12.1. The number of carbonyl (C=O) groups excluding carboxylic acids is 1. The predicted octanol–water partition coefficient (Wildman–Crippen LogP) is 5.48. The number of fused-ring (bicyclic) bond motifs is 1. The summed E-state index contributed by atoms with van der Waals surface area (Å²) in [5, 5.41) is 0.239. The maximum absolute atomic E-state index is 13.7. The fraction of sp³-hybridized carbons (Fsp3) is 0.125. The van der Waals surface area contributed by atoms with Gasteiger partial charge >= 0.3 is 12.1 Å². The minimum absolute atomic E-state index is 0.121. The summed E-state index contributed by atoms with van der Waals surface area (Å²) < 4.78 is 72.2. The number of aromatic nitrogens is 2. The van der Waals surface area contributed by atoms with Gasteiger partial charge in [-0.3, -0.25) is 4.98 Å². The molecule has 0 atom stereocenters. The summed E-state index contributed by atoms with van der Waals surface area (Å²) in [4.78, 5) is 19.5. The van der Waals surface area contributed by atoms with Crippen LogP contribution in [0.5, 0.6) is 0 Å². The van der Waals surface area contributed by atoms with Crippen LogP contribution in [0.4, 0.5) is 19.0 Å². The Morgan fingerprint density at radius 1 is 1.06 bits per heavy atom. The van der Waals surface area contributed by atoms with E-state index in [1.807, 2.05) is 0 Å². The van der Waals surface area contributed by atoms with E-state index in [9.17, 15) is 26.4 Å². The highest BCUT2D eigenvalue weighted by Crippen LogP contribution is 2.36. The Bertz CT molecular complexity index is 1540. The number of hydrogen-bond donors (Lipinski definition) is 0. The van der Waals surface area contributed by atoms with Gasteiger partial charge < -0.3 is 4.74 Å². The van der Waals surface area contributed by atoms with Gasteiger partial charge in [0, 0.05) is 17.8 Å². The van der Waals surface area contributed by atoms with Crippen LogP contribution in [-0.4, -0.2) is 31.5 Å². The molecule has 0 fully saturated rings. The van der Waals surface area contributed by atoms with Crippen molar-refractivity contribution in [1.29, 1.82) is 0 Å². The van der Waals surface area contributed by atoms with Crippen LogP contribution in [0.15, 0.2) is 78.0 Å². The van der Waals surface area contributed by atoms with Gasteiger partial charge in [0.15, 0.2) is 5.82 Å². The van der Waals surface area contributed by atoms with Gasteiger partial charge in [0.05, 0.1) is 40.2 Å². The molecular formula is C24H17ClF3N3O4S. The van der Waals surface area contributed by atoms with Crippen LogP contribution in [0, 0.1) is 0 Å². The average Bonchev–Trinajstić information content (AvgIpc) is 2.86. The van der Waals surface area contributed by atoms with Gasteiger partial charge in [-0.2, -0.15) is 13.2 Å². The molecule has 4 aromatic rings. The van der Waals surface area contributed by atoms with E-state index in [2.05, 4.69) is 14.7 Å². The van der Waals surface area contributed by atoms with Crippen LogP contribution in [-0.2, 0) is 27.5 Å². The lowest BCUT2D eigenvalue weighted by molar-refractivity contribution is -0.137. The largest absolute Gasteiger partial charge is 0.465 e. The van der Waals surface area contributed by atoms with Crippen molar-refractivity contribution in [3.8, 4) is 0 Å². The lowest BCUT2D eigenvalue weighted by Gasteiger charge is -2.25. The number of methoxy groups -OCH3 is 1. The van der Waals surface area contributed by atoms with Crippen LogP contribution in [0.2, 0.25) is 5.02 Å². The van der Waals surface area contributed by atoms with Crippen molar-refractivity contribution in [2.45, 2.75) is 17.6 Å². The van der Waals surface area contributed by atoms with Crippen LogP contribution in [0.1, 0.15) is 21.5 Å². The summed E-state index contributed by atoms with van der Waals surface area (Å²) in [5.74, 6) is -1.04. The number of halogens is 4. The van der Waals surface area contributed by atoms with Gasteiger partial charge in [0.2, 0.25) is 0 Å². The van der Waals surface area contributed by atoms with Crippen molar-refractivity contribution in [2.24, 2.45) is 0 Å². The molecule has 0 N–H and O–H groups in total. The molecule has 0 unspecified atom stereocenters. The SMILES string of the molecule is COC(=O)c1ccc(S(=O)(=O)N(Cc2ccc3ncccc3c2)c2ncc(C(F)(F)F)cc2Cl)cc1. The molecule has 12 heteroatoms. The second-order valence-electron chi connectivity index (χ2n) is 7.59. The minimum Gasteiger partial charge on any atom is -0.465 e. The van der Waals surface area contributed by atoms with Crippen molar-refractivity contribution >= 4 is 44.3 Å². The highest BCUT2D eigenvalue weighted by Gasteiger charge is 2.34. The normalized spacial score (nSPS) is 11.9. The van der Waals surface area contributed by atoms with Crippen LogP contribution >= 0.6 is 11.6 Å². The summed E-state index contributed by atoms with van der Waals surface area (Å²) >= 11 is 6.13. The van der Waals surface area contributed by atoms with Gasteiger partial charge in [0.25, 0.3) is 10.0 Å². The molecular weight excluding hydrogens is 519 g/mol. The smallest absolute Gasteiger partial charge is 0.417 e. The molecule has 36 heavy (non-hydrogen) atoms. The monoisotopic (exact) mass is 535 g/mol. The lowest BCUT2D eigenvalue weighted by Crippen LogP contribution is -2.32. The highest BCUT2D eigenvalue weighted by atomic mass is 35.5. The molecule has 0 bridgehead atoms. The highest BCUT2D eigenvalue weighted by molar-refractivity contribution is 7.92. The number of sulfonamides is 1. The number of carbonyl (C=O) groups is 1. The summed E-state index contributed by atoms with van der Waals surface area (Å²) in [7, 11) is -3.20. The van der Waals surface area contributed by atoms with E-state index in [1.165, 1.54) is 31.4 Å². The van der Waals surface area contributed by atoms with Gasteiger partial charge in [-0.25, -0.2) is 22.5 Å². The van der Waals surface area contributed by atoms with Crippen molar-refractivity contribution in [3.63, 3.8) is 0 Å². The number of anilines is 1. The number of nitrogens with zero attached hydrogens (tertiary/aromatic N) is 3. The summed E-state index contributed by atoms with van der Waals surface area (Å²) in [6.07, 6.45) is -2.58. The number of pyridine rings is 2. The summed E-state index contributed by atoms with van der Waals surface area (Å²) in [5.41, 5.74) is 0.200. The Morgan fingerprint density at radius 2 is 1.78 bits per heavy atom. The average molecular weight is 536 g/mol. The fourth-order valence-electron chi connectivity index (χ4n) is 3.44. The molecule has 2 aromatic carbocycles. The molecule has 0 amide bonds. The van der Waals surface area contributed by atoms with E-state index in [0.717, 1.165) is 9.69 Å². The van der Waals surface area contributed by atoms with Gasteiger partial charge in [-0.15, -0.1) is 0 Å². The maximum atomic E-state index is 13.7. The first kappa shape index (κ1) is 25.4. The van der Waals surface area contributed by atoms with E-state index in [1.54, 1.807) is 36.5 Å². The molecule has 0 radical (unpaired) electrons. The number of hydrogen-bond acceptors (Lipinski definition) is 6. The lowest BCUT2D eigenvalue weighted by atomic mass is 10.1. The van der Waals surface area contributed by atoms with Crippen molar-refractivity contribution in [2.75, 3.05) is 11.4 Å². The fourth-order valence-corrected chi connectivity index (χ4v) is 5.19. The molecule has 0 saturated carbocycles. The van der Waals surface area contributed by atoms with Gasteiger partial charge in [-0.1, -0.05) is 23.7 Å². The Hall–Kier alpha value is -3.70. The van der Waals surface area contributed by atoms with Crippen LogP contribution in [0.25, 0.3) is 10.9 Å². The zero-order chi connectivity index (χ0) is 26.1. The molecule has 186 valence electrons. The topological polar surface area (TPSA) is 89.5 Å². The Kier molecular flexibility index (Phi) is 6.87. The van der Waals surface area contributed by atoms with E-state index in [4.69, 9.17) is 11.6 Å². The molecule has 0 aliphatic heterocycles. The van der Waals surface area contributed by atoms with Gasteiger partial charge in [-0.05, 0) is 54.1 Å². The molecule has 0 saturated heterocycles. The zero-order valence-electron chi connectivity index (χ0n) is 18.5. The number of alkyl halides is 3. The Balaban J connectivity index is 1.82. The maximum Gasteiger partial charge on any atom is 0.417 e. The van der Waals surface area contributed by atoms with Crippen molar-refractivity contribution in [3.05, 3.63) is 94.8 Å². The second kappa shape index (κ2) is 9.75. The van der Waals surface area contributed by atoms with E-state index < -0.39 is 32.8 Å². The Morgan fingerprint density at radius 3 is 2.42 bits per heavy atom. The third-order valence-corrected chi connectivity index (χ3v) is 7.27. The van der Waals surface area contributed by atoms with E-state index in [-0.39, 0.29) is 22.8 Å².